The van der Waals surface area contributed by atoms with Crippen molar-refractivity contribution in [2.45, 2.75) is 18.7 Å². The Morgan fingerprint density at radius 3 is 2.73 bits per heavy atom. The number of fused-ring (bicyclic) bond motifs is 1. The van der Waals surface area contributed by atoms with Crippen LogP contribution < -0.4 is 4.74 Å². The van der Waals surface area contributed by atoms with Gasteiger partial charge in [-0.15, -0.1) is 0 Å². The molecule has 0 aliphatic carbocycles. The Kier molecular flexibility index (Phi) is 3.27. The van der Waals surface area contributed by atoms with Crippen molar-refractivity contribution in [2.24, 2.45) is 0 Å². The average molecular weight is 309 g/mol. The lowest BCUT2D eigenvalue weighted by Crippen LogP contribution is -2.07. The maximum atomic E-state index is 12.7. The van der Waals surface area contributed by atoms with E-state index in [0.29, 0.717) is 17.0 Å². The van der Waals surface area contributed by atoms with Crippen molar-refractivity contribution in [3.63, 3.8) is 0 Å². The Morgan fingerprint density at radius 2 is 2.05 bits per heavy atom. The van der Waals surface area contributed by atoms with Crippen LogP contribution in [0.5, 0.6) is 5.75 Å². The Hall–Kier alpha value is -2.57. The molecule has 2 aromatic rings. The fourth-order valence-corrected chi connectivity index (χ4v) is 2.35. The SMILES string of the molecule is O=C(O)c1ccnc(C2Cc3cc(C(F)(F)F)ccc3O2)c1. The number of carbonyl (C=O) groups is 1. The lowest BCUT2D eigenvalue weighted by molar-refractivity contribution is -0.137. The summed E-state index contributed by atoms with van der Waals surface area (Å²) in [4.78, 5) is 15.0. The summed E-state index contributed by atoms with van der Waals surface area (Å²) in [5.41, 5.74) is 0.135. The van der Waals surface area contributed by atoms with Gasteiger partial charge in [0.15, 0.2) is 0 Å². The number of alkyl halides is 3. The third-order valence-electron chi connectivity index (χ3n) is 3.42. The zero-order chi connectivity index (χ0) is 15.9. The number of hydrogen-bond donors (Lipinski definition) is 1. The van der Waals surface area contributed by atoms with Gasteiger partial charge in [0, 0.05) is 12.6 Å². The summed E-state index contributed by atoms with van der Waals surface area (Å²) < 4.78 is 43.7. The topological polar surface area (TPSA) is 59.4 Å². The smallest absolute Gasteiger partial charge is 0.416 e. The molecule has 0 radical (unpaired) electrons. The minimum atomic E-state index is -4.41. The van der Waals surface area contributed by atoms with Crippen LogP contribution in [0, 0.1) is 0 Å². The maximum absolute atomic E-state index is 12.7. The highest BCUT2D eigenvalue weighted by atomic mass is 19.4. The number of hydrogen-bond acceptors (Lipinski definition) is 3. The van der Waals surface area contributed by atoms with Crippen molar-refractivity contribution in [3.05, 3.63) is 58.9 Å². The summed E-state index contributed by atoms with van der Waals surface area (Å²) in [6, 6.07) is 6.00. The van der Waals surface area contributed by atoms with Gasteiger partial charge in [-0.1, -0.05) is 0 Å². The number of pyridine rings is 1. The van der Waals surface area contributed by atoms with E-state index in [2.05, 4.69) is 4.98 Å². The lowest BCUT2D eigenvalue weighted by Gasteiger charge is -2.10. The first-order chi connectivity index (χ1) is 10.3. The van der Waals surface area contributed by atoms with Gasteiger partial charge in [0.05, 0.1) is 16.8 Å². The second kappa shape index (κ2) is 5.01. The van der Waals surface area contributed by atoms with Gasteiger partial charge < -0.3 is 9.84 Å². The first-order valence-electron chi connectivity index (χ1n) is 6.40. The first kappa shape index (κ1) is 14.4. The lowest BCUT2D eigenvalue weighted by atomic mass is 10.0. The number of carboxylic acid groups (broad SMARTS) is 1. The van der Waals surface area contributed by atoms with E-state index in [9.17, 15) is 18.0 Å². The predicted molar refractivity (Wildman–Crippen MR) is 69.7 cm³/mol. The molecule has 0 spiro atoms. The van der Waals surface area contributed by atoms with Crippen LogP contribution in [0.1, 0.15) is 33.3 Å². The molecular formula is C15H10F3NO3. The fraction of sp³-hybridized carbons (Fsp3) is 0.200. The second-order valence-corrected chi connectivity index (χ2v) is 4.91. The highest BCUT2D eigenvalue weighted by Crippen LogP contribution is 2.39. The standard InChI is InChI=1S/C15H10F3NO3/c16-15(17,18)10-1-2-12-9(5-10)7-13(22-12)11-6-8(14(20)21)3-4-19-11/h1-6,13H,7H2,(H,20,21). The molecule has 2 heterocycles. The molecule has 1 aliphatic heterocycles. The third kappa shape index (κ3) is 2.61. The van der Waals surface area contributed by atoms with Crippen LogP contribution in [0.3, 0.4) is 0 Å². The number of aromatic nitrogens is 1. The number of benzene rings is 1. The molecule has 0 fully saturated rings. The van der Waals surface area contributed by atoms with E-state index >= 15 is 0 Å². The molecule has 7 heteroatoms. The Labute approximate surface area is 123 Å². The quantitative estimate of drug-likeness (QED) is 0.922. The van der Waals surface area contributed by atoms with Crippen LogP contribution in [0.4, 0.5) is 13.2 Å². The Morgan fingerprint density at radius 1 is 1.27 bits per heavy atom. The zero-order valence-corrected chi connectivity index (χ0v) is 11.1. The summed E-state index contributed by atoms with van der Waals surface area (Å²) in [6.07, 6.45) is -3.44. The highest BCUT2D eigenvalue weighted by Gasteiger charge is 2.33. The second-order valence-electron chi connectivity index (χ2n) is 4.91. The van der Waals surface area contributed by atoms with Crippen molar-refractivity contribution >= 4 is 5.97 Å². The summed E-state index contributed by atoms with van der Waals surface area (Å²) >= 11 is 0. The van der Waals surface area contributed by atoms with Gasteiger partial charge in [0.1, 0.15) is 11.9 Å². The van der Waals surface area contributed by atoms with Gasteiger partial charge >= 0.3 is 12.1 Å². The number of aromatic carboxylic acids is 1. The molecule has 1 atom stereocenters. The minimum absolute atomic E-state index is 0.0561. The predicted octanol–water partition coefficient (Wildman–Crippen LogP) is 3.47. The van der Waals surface area contributed by atoms with E-state index < -0.39 is 23.8 Å². The van der Waals surface area contributed by atoms with Crippen LogP contribution in [-0.4, -0.2) is 16.1 Å². The zero-order valence-electron chi connectivity index (χ0n) is 11.1. The van der Waals surface area contributed by atoms with Gasteiger partial charge in [0.25, 0.3) is 0 Å². The molecule has 3 rings (SSSR count). The average Bonchev–Trinajstić information content (AvgIpc) is 2.89. The van der Waals surface area contributed by atoms with E-state index in [1.807, 2.05) is 0 Å². The minimum Gasteiger partial charge on any atom is -0.483 e. The molecule has 4 nitrogen and oxygen atoms in total. The van der Waals surface area contributed by atoms with E-state index in [1.54, 1.807) is 0 Å². The van der Waals surface area contributed by atoms with Crippen molar-refractivity contribution in [3.8, 4) is 5.75 Å². The largest absolute Gasteiger partial charge is 0.483 e. The number of rotatable bonds is 2. The highest BCUT2D eigenvalue weighted by molar-refractivity contribution is 5.87. The van der Waals surface area contributed by atoms with Gasteiger partial charge in [-0.3, -0.25) is 4.98 Å². The van der Waals surface area contributed by atoms with Crippen molar-refractivity contribution in [1.82, 2.24) is 4.98 Å². The molecule has 22 heavy (non-hydrogen) atoms. The molecule has 1 unspecified atom stereocenters. The first-order valence-corrected chi connectivity index (χ1v) is 6.40. The number of nitrogens with zero attached hydrogens (tertiary/aromatic N) is 1. The number of halogens is 3. The van der Waals surface area contributed by atoms with Crippen molar-refractivity contribution < 1.29 is 27.8 Å². The molecule has 1 N–H and O–H groups in total. The summed E-state index contributed by atoms with van der Waals surface area (Å²) in [6.45, 7) is 0. The summed E-state index contributed by atoms with van der Waals surface area (Å²) in [5.74, 6) is -0.737. The number of carboxylic acids is 1. The van der Waals surface area contributed by atoms with Crippen molar-refractivity contribution in [2.75, 3.05) is 0 Å². The van der Waals surface area contributed by atoms with E-state index in [-0.39, 0.29) is 12.0 Å². The van der Waals surface area contributed by atoms with Gasteiger partial charge in [-0.25, -0.2) is 4.79 Å². The molecule has 114 valence electrons. The molecular weight excluding hydrogens is 299 g/mol. The monoisotopic (exact) mass is 309 g/mol. The molecule has 1 aliphatic rings. The van der Waals surface area contributed by atoms with Gasteiger partial charge in [-0.2, -0.15) is 13.2 Å². The Bertz CT molecular complexity index is 743. The van der Waals surface area contributed by atoms with Gasteiger partial charge in [-0.05, 0) is 35.9 Å². The van der Waals surface area contributed by atoms with E-state index in [0.717, 1.165) is 12.1 Å². The van der Waals surface area contributed by atoms with E-state index in [4.69, 9.17) is 9.84 Å². The van der Waals surface area contributed by atoms with Crippen LogP contribution in [0.15, 0.2) is 36.5 Å². The van der Waals surface area contributed by atoms with Crippen LogP contribution in [-0.2, 0) is 12.6 Å². The maximum Gasteiger partial charge on any atom is 0.416 e. The van der Waals surface area contributed by atoms with Gasteiger partial charge in [0.2, 0.25) is 0 Å². The molecule has 0 amide bonds. The van der Waals surface area contributed by atoms with Crippen molar-refractivity contribution in [1.29, 1.82) is 0 Å². The molecule has 0 saturated heterocycles. The summed E-state index contributed by atoms with van der Waals surface area (Å²) in [5, 5.41) is 8.96. The van der Waals surface area contributed by atoms with Crippen LogP contribution in [0.2, 0.25) is 0 Å². The van der Waals surface area contributed by atoms with Crippen LogP contribution >= 0.6 is 0 Å². The van der Waals surface area contributed by atoms with Crippen LogP contribution in [0.25, 0.3) is 0 Å². The molecule has 0 bridgehead atoms. The number of ether oxygens (including phenoxy) is 1. The molecule has 1 aromatic heterocycles. The Balaban J connectivity index is 1.88. The molecule has 0 saturated carbocycles. The van der Waals surface area contributed by atoms with E-state index in [1.165, 1.54) is 24.4 Å². The summed E-state index contributed by atoms with van der Waals surface area (Å²) in [7, 11) is 0. The fourth-order valence-electron chi connectivity index (χ4n) is 2.35. The molecule has 1 aromatic carbocycles. The normalized spacial score (nSPS) is 17.0. The third-order valence-corrected chi connectivity index (χ3v) is 3.42.